The average Bonchev–Trinajstić information content (AvgIpc) is 2.65. The second-order valence-electron chi connectivity index (χ2n) is 6.38. The number of benzene rings is 2. The van der Waals surface area contributed by atoms with Crippen LogP contribution in [0.2, 0.25) is 5.02 Å². The van der Waals surface area contributed by atoms with E-state index in [2.05, 4.69) is 47.6 Å². The van der Waals surface area contributed by atoms with Crippen LogP contribution in [0.5, 0.6) is 0 Å². The Balaban J connectivity index is 1.60. The zero-order valence-electron chi connectivity index (χ0n) is 15.4. The first-order valence-corrected chi connectivity index (χ1v) is 9.89. The fraction of sp³-hybridized carbons (Fsp3) is 0.190. The molecule has 3 aromatic rings. The lowest BCUT2D eigenvalue weighted by Gasteiger charge is -2.08. The molecule has 0 saturated carbocycles. The topological polar surface area (TPSA) is 54.9 Å². The molecule has 0 radical (unpaired) electrons. The number of carbonyl (C=O) groups excluding carboxylic acids is 1. The molecule has 0 spiro atoms. The standard InChI is InChI=1S/C21H20ClN3OS/c1-13-4-5-14(2)17(10-13)19-8-9-21(25-24-19)27-12-20(26)23-16-7-6-15(3)18(22)11-16/h4-11H,12H2,1-3H3,(H,23,26). The number of amides is 1. The average molecular weight is 398 g/mol. The van der Waals surface area contributed by atoms with Gasteiger partial charge in [0, 0.05) is 16.3 Å². The Morgan fingerprint density at radius 3 is 2.48 bits per heavy atom. The quantitative estimate of drug-likeness (QED) is 0.581. The van der Waals surface area contributed by atoms with Gasteiger partial charge in [-0.15, -0.1) is 10.2 Å². The number of halogens is 1. The molecule has 1 N–H and O–H groups in total. The highest BCUT2D eigenvalue weighted by molar-refractivity contribution is 7.99. The SMILES string of the molecule is Cc1ccc(C)c(-c2ccc(SCC(=O)Nc3ccc(C)c(Cl)c3)nn2)c1. The van der Waals surface area contributed by atoms with Crippen molar-refractivity contribution in [1.29, 1.82) is 0 Å². The van der Waals surface area contributed by atoms with Gasteiger partial charge in [-0.05, 0) is 62.2 Å². The number of thioether (sulfide) groups is 1. The lowest BCUT2D eigenvalue weighted by atomic mass is 10.0. The Kier molecular flexibility index (Phi) is 6.14. The minimum absolute atomic E-state index is 0.111. The van der Waals surface area contributed by atoms with Gasteiger partial charge in [-0.3, -0.25) is 4.79 Å². The number of aryl methyl sites for hydroxylation is 3. The normalized spacial score (nSPS) is 10.7. The predicted molar refractivity (Wildman–Crippen MR) is 112 cm³/mol. The van der Waals surface area contributed by atoms with E-state index in [-0.39, 0.29) is 11.7 Å². The second kappa shape index (κ2) is 8.55. The number of hydrogen-bond acceptors (Lipinski definition) is 4. The van der Waals surface area contributed by atoms with E-state index in [9.17, 15) is 4.79 Å². The molecule has 0 saturated heterocycles. The number of carbonyl (C=O) groups is 1. The molecule has 138 valence electrons. The lowest BCUT2D eigenvalue weighted by Crippen LogP contribution is -2.14. The highest BCUT2D eigenvalue weighted by Crippen LogP contribution is 2.24. The summed E-state index contributed by atoms with van der Waals surface area (Å²) in [6.45, 7) is 6.03. The molecule has 4 nitrogen and oxygen atoms in total. The fourth-order valence-electron chi connectivity index (χ4n) is 2.56. The predicted octanol–water partition coefficient (Wildman–Crippen LogP) is 5.45. The van der Waals surface area contributed by atoms with Gasteiger partial charge in [0.2, 0.25) is 5.91 Å². The van der Waals surface area contributed by atoms with Crippen molar-refractivity contribution >= 4 is 35.0 Å². The maximum absolute atomic E-state index is 12.1. The van der Waals surface area contributed by atoms with E-state index in [4.69, 9.17) is 11.6 Å². The Morgan fingerprint density at radius 2 is 1.78 bits per heavy atom. The summed E-state index contributed by atoms with van der Waals surface area (Å²) in [7, 11) is 0. The molecular weight excluding hydrogens is 378 g/mol. The summed E-state index contributed by atoms with van der Waals surface area (Å²) in [5, 5.41) is 12.7. The summed E-state index contributed by atoms with van der Waals surface area (Å²) in [5.41, 5.74) is 5.92. The summed E-state index contributed by atoms with van der Waals surface area (Å²) < 4.78 is 0. The van der Waals surface area contributed by atoms with E-state index in [0.717, 1.165) is 22.4 Å². The Morgan fingerprint density at radius 1 is 1.00 bits per heavy atom. The van der Waals surface area contributed by atoms with Crippen molar-refractivity contribution in [3.8, 4) is 11.3 Å². The molecule has 0 aliphatic carbocycles. The van der Waals surface area contributed by atoms with Crippen LogP contribution in [-0.4, -0.2) is 21.9 Å². The van der Waals surface area contributed by atoms with E-state index < -0.39 is 0 Å². The number of nitrogens with zero attached hydrogens (tertiary/aromatic N) is 2. The molecule has 1 aromatic heterocycles. The number of nitrogens with one attached hydrogen (secondary N) is 1. The molecule has 0 aliphatic heterocycles. The summed E-state index contributed by atoms with van der Waals surface area (Å²) >= 11 is 7.43. The summed E-state index contributed by atoms with van der Waals surface area (Å²) in [4.78, 5) is 12.1. The van der Waals surface area contributed by atoms with Crippen molar-refractivity contribution in [1.82, 2.24) is 10.2 Å². The van der Waals surface area contributed by atoms with Gasteiger partial charge in [0.25, 0.3) is 0 Å². The van der Waals surface area contributed by atoms with Crippen LogP contribution >= 0.6 is 23.4 Å². The van der Waals surface area contributed by atoms with Gasteiger partial charge in [-0.2, -0.15) is 0 Å². The third-order valence-corrected chi connectivity index (χ3v) is 5.44. The van der Waals surface area contributed by atoms with Crippen LogP contribution in [0.4, 0.5) is 5.69 Å². The number of aromatic nitrogens is 2. The molecule has 0 atom stereocenters. The van der Waals surface area contributed by atoms with Crippen molar-refractivity contribution in [2.75, 3.05) is 11.1 Å². The van der Waals surface area contributed by atoms with Gasteiger partial charge in [-0.1, -0.05) is 47.1 Å². The first-order chi connectivity index (χ1) is 12.9. The van der Waals surface area contributed by atoms with Crippen LogP contribution in [0.1, 0.15) is 16.7 Å². The van der Waals surface area contributed by atoms with E-state index in [1.54, 1.807) is 6.07 Å². The molecule has 2 aromatic carbocycles. The highest BCUT2D eigenvalue weighted by atomic mass is 35.5. The molecule has 0 fully saturated rings. The maximum atomic E-state index is 12.1. The third-order valence-electron chi connectivity index (χ3n) is 4.12. The van der Waals surface area contributed by atoms with Gasteiger partial charge >= 0.3 is 0 Å². The first-order valence-electron chi connectivity index (χ1n) is 8.52. The van der Waals surface area contributed by atoms with Gasteiger partial charge in [0.05, 0.1) is 11.4 Å². The van der Waals surface area contributed by atoms with Crippen LogP contribution in [-0.2, 0) is 4.79 Å². The van der Waals surface area contributed by atoms with Crippen molar-refractivity contribution in [2.45, 2.75) is 25.8 Å². The third kappa shape index (κ3) is 5.08. The smallest absolute Gasteiger partial charge is 0.234 e. The van der Waals surface area contributed by atoms with Crippen LogP contribution in [0.3, 0.4) is 0 Å². The largest absolute Gasteiger partial charge is 0.325 e. The Hall–Kier alpha value is -2.37. The molecule has 3 rings (SSSR count). The van der Waals surface area contributed by atoms with Crippen LogP contribution < -0.4 is 5.32 Å². The van der Waals surface area contributed by atoms with Gasteiger partial charge in [0.15, 0.2) is 0 Å². The number of anilines is 1. The van der Waals surface area contributed by atoms with Gasteiger partial charge in [-0.25, -0.2) is 0 Å². The molecule has 1 amide bonds. The fourth-order valence-corrected chi connectivity index (χ4v) is 3.35. The van der Waals surface area contributed by atoms with Gasteiger partial charge in [0.1, 0.15) is 5.03 Å². The van der Waals surface area contributed by atoms with E-state index in [1.807, 2.05) is 31.2 Å². The summed E-state index contributed by atoms with van der Waals surface area (Å²) in [5.74, 6) is 0.142. The lowest BCUT2D eigenvalue weighted by molar-refractivity contribution is -0.113. The molecule has 6 heteroatoms. The summed E-state index contributed by atoms with van der Waals surface area (Å²) in [6.07, 6.45) is 0. The monoisotopic (exact) mass is 397 g/mol. The van der Waals surface area contributed by atoms with Crippen LogP contribution in [0.25, 0.3) is 11.3 Å². The van der Waals surface area contributed by atoms with Crippen molar-refractivity contribution in [3.05, 3.63) is 70.2 Å². The molecule has 27 heavy (non-hydrogen) atoms. The van der Waals surface area contributed by atoms with E-state index in [1.165, 1.54) is 17.3 Å². The molecule has 0 unspecified atom stereocenters. The molecule has 0 bridgehead atoms. The summed E-state index contributed by atoms with van der Waals surface area (Å²) in [6, 6.07) is 15.6. The Bertz CT molecular complexity index is 974. The van der Waals surface area contributed by atoms with Crippen LogP contribution in [0.15, 0.2) is 53.6 Å². The van der Waals surface area contributed by atoms with E-state index >= 15 is 0 Å². The maximum Gasteiger partial charge on any atom is 0.234 e. The van der Waals surface area contributed by atoms with Crippen molar-refractivity contribution < 1.29 is 4.79 Å². The first kappa shape index (κ1) is 19.4. The zero-order valence-corrected chi connectivity index (χ0v) is 17.0. The van der Waals surface area contributed by atoms with E-state index in [0.29, 0.717) is 15.7 Å². The Labute approximate surface area is 168 Å². The van der Waals surface area contributed by atoms with Gasteiger partial charge < -0.3 is 5.32 Å². The molecule has 1 heterocycles. The molecule has 0 aliphatic rings. The molecular formula is C21H20ClN3OS. The minimum atomic E-state index is -0.111. The second-order valence-corrected chi connectivity index (χ2v) is 7.78. The zero-order chi connectivity index (χ0) is 19.4. The van der Waals surface area contributed by atoms with Crippen LogP contribution in [0, 0.1) is 20.8 Å². The highest BCUT2D eigenvalue weighted by Gasteiger charge is 2.08. The number of rotatable bonds is 5. The minimum Gasteiger partial charge on any atom is -0.325 e. The van der Waals surface area contributed by atoms with Crippen molar-refractivity contribution in [3.63, 3.8) is 0 Å². The van der Waals surface area contributed by atoms with Crippen molar-refractivity contribution in [2.24, 2.45) is 0 Å². The number of hydrogen-bond donors (Lipinski definition) is 1.